The van der Waals surface area contributed by atoms with Crippen molar-refractivity contribution in [2.45, 2.75) is 44.7 Å². The van der Waals surface area contributed by atoms with Crippen LogP contribution in [0.5, 0.6) is 0 Å². The summed E-state index contributed by atoms with van der Waals surface area (Å²) in [6.07, 6.45) is 5.64. The fourth-order valence-electron chi connectivity index (χ4n) is 3.37. The average molecular weight is 286 g/mol. The number of hydrogen-bond acceptors (Lipinski definition) is 4. The number of nitrogens with zero attached hydrogens (tertiary/aromatic N) is 1. The molecule has 0 amide bonds. The average Bonchev–Trinajstić information content (AvgIpc) is 3.19. The minimum Gasteiger partial charge on any atom is -0.312 e. The van der Waals surface area contributed by atoms with E-state index in [0.717, 1.165) is 31.0 Å². The molecule has 4 nitrogen and oxygen atoms in total. The molecular formula is C14H26N2O2S. The van der Waals surface area contributed by atoms with Crippen molar-refractivity contribution in [3.8, 4) is 0 Å². The van der Waals surface area contributed by atoms with E-state index in [1.54, 1.807) is 0 Å². The highest BCUT2D eigenvalue weighted by atomic mass is 32.2. The molecule has 1 aliphatic heterocycles. The van der Waals surface area contributed by atoms with E-state index < -0.39 is 9.84 Å². The van der Waals surface area contributed by atoms with E-state index in [2.05, 4.69) is 10.2 Å². The van der Waals surface area contributed by atoms with Crippen molar-refractivity contribution < 1.29 is 8.42 Å². The summed E-state index contributed by atoms with van der Waals surface area (Å²) in [5, 5.41) is 3.74. The molecule has 1 N–H and O–H groups in total. The van der Waals surface area contributed by atoms with Crippen LogP contribution in [-0.2, 0) is 9.84 Å². The summed E-state index contributed by atoms with van der Waals surface area (Å²) in [4.78, 5) is 2.32. The Kier molecular flexibility index (Phi) is 3.89. The zero-order chi connectivity index (χ0) is 13.5. The fourth-order valence-corrected chi connectivity index (χ4v) is 4.99. The van der Waals surface area contributed by atoms with Crippen molar-refractivity contribution in [3.05, 3.63) is 0 Å². The van der Waals surface area contributed by atoms with Crippen LogP contribution in [0, 0.1) is 11.8 Å². The van der Waals surface area contributed by atoms with Crippen LogP contribution in [0.3, 0.4) is 0 Å². The third-order valence-electron chi connectivity index (χ3n) is 4.85. The molecule has 0 aromatic rings. The van der Waals surface area contributed by atoms with Crippen LogP contribution in [0.1, 0.15) is 32.6 Å². The molecule has 19 heavy (non-hydrogen) atoms. The molecule has 0 aromatic heterocycles. The van der Waals surface area contributed by atoms with Gasteiger partial charge in [-0.15, -0.1) is 0 Å². The van der Waals surface area contributed by atoms with Crippen LogP contribution >= 0.6 is 0 Å². The standard InChI is InChI=1S/C14H26N2O2S/c1-11-10-19(17,18)9-8-16(11)7-6-15-14(12-2-3-12)13-4-5-13/h11-15H,2-10H2,1H3. The number of nitrogens with one attached hydrogen (secondary N) is 1. The highest BCUT2D eigenvalue weighted by Gasteiger charge is 2.41. The smallest absolute Gasteiger partial charge is 0.153 e. The van der Waals surface area contributed by atoms with Crippen molar-refractivity contribution in [1.29, 1.82) is 0 Å². The summed E-state index contributed by atoms with van der Waals surface area (Å²) in [6, 6.07) is 0.935. The summed E-state index contributed by atoms with van der Waals surface area (Å²) < 4.78 is 23.1. The first kappa shape index (κ1) is 13.8. The van der Waals surface area contributed by atoms with Crippen molar-refractivity contribution >= 4 is 9.84 Å². The maximum absolute atomic E-state index is 11.5. The maximum atomic E-state index is 11.5. The zero-order valence-electron chi connectivity index (χ0n) is 11.8. The molecule has 2 saturated carbocycles. The molecule has 5 heteroatoms. The highest BCUT2D eigenvalue weighted by Crippen LogP contribution is 2.44. The Morgan fingerprint density at radius 1 is 1.21 bits per heavy atom. The molecule has 3 aliphatic rings. The van der Waals surface area contributed by atoms with Gasteiger partial charge < -0.3 is 5.32 Å². The van der Waals surface area contributed by atoms with Gasteiger partial charge in [0, 0.05) is 31.7 Å². The summed E-state index contributed by atoms with van der Waals surface area (Å²) in [7, 11) is -2.78. The van der Waals surface area contributed by atoms with Crippen LogP contribution in [0.4, 0.5) is 0 Å². The third-order valence-corrected chi connectivity index (χ3v) is 6.64. The summed E-state index contributed by atoms with van der Waals surface area (Å²) in [5.41, 5.74) is 0. The first-order valence-electron chi connectivity index (χ1n) is 7.73. The molecule has 110 valence electrons. The van der Waals surface area contributed by atoms with Crippen LogP contribution in [-0.4, -0.2) is 56.5 Å². The molecule has 2 aliphatic carbocycles. The van der Waals surface area contributed by atoms with Gasteiger partial charge in [0.1, 0.15) is 0 Å². The van der Waals surface area contributed by atoms with Gasteiger partial charge in [-0.3, -0.25) is 4.90 Å². The van der Waals surface area contributed by atoms with Gasteiger partial charge in [0.05, 0.1) is 11.5 Å². The molecule has 0 radical (unpaired) electrons. The van der Waals surface area contributed by atoms with Gasteiger partial charge in [-0.2, -0.15) is 0 Å². The van der Waals surface area contributed by atoms with Gasteiger partial charge in [0.15, 0.2) is 9.84 Å². The summed E-state index contributed by atoms with van der Waals surface area (Å²) in [5.74, 6) is 2.55. The quantitative estimate of drug-likeness (QED) is 0.787. The van der Waals surface area contributed by atoms with E-state index in [1.165, 1.54) is 25.7 Å². The molecule has 1 heterocycles. The van der Waals surface area contributed by atoms with Crippen molar-refractivity contribution in [1.82, 2.24) is 10.2 Å². The zero-order valence-corrected chi connectivity index (χ0v) is 12.7. The summed E-state index contributed by atoms with van der Waals surface area (Å²) in [6.45, 7) is 4.76. The highest BCUT2D eigenvalue weighted by molar-refractivity contribution is 7.91. The van der Waals surface area contributed by atoms with Crippen molar-refractivity contribution in [3.63, 3.8) is 0 Å². The monoisotopic (exact) mass is 286 g/mol. The predicted molar refractivity (Wildman–Crippen MR) is 76.9 cm³/mol. The molecule has 1 saturated heterocycles. The van der Waals surface area contributed by atoms with Crippen LogP contribution in [0.15, 0.2) is 0 Å². The molecule has 0 aromatic carbocycles. The number of sulfone groups is 1. The van der Waals surface area contributed by atoms with Gasteiger partial charge in [-0.25, -0.2) is 8.42 Å². The molecule has 0 bridgehead atoms. The second-order valence-corrected chi connectivity index (χ2v) is 8.88. The second kappa shape index (κ2) is 5.34. The number of hydrogen-bond donors (Lipinski definition) is 1. The first-order valence-corrected chi connectivity index (χ1v) is 9.55. The molecule has 1 atom stereocenters. The molecule has 1 unspecified atom stereocenters. The van der Waals surface area contributed by atoms with Gasteiger partial charge in [0.2, 0.25) is 0 Å². The van der Waals surface area contributed by atoms with Crippen LogP contribution < -0.4 is 5.32 Å². The predicted octanol–water partition coefficient (Wildman–Crippen LogP) is 0.884. The van der Waals surface area contributed by atoms with Crippen LogP contribution in [0.2, 0.25) is 0 Å². The van der Waals surface area contributed by atoms with E-state index in [-0.39, 0.29) is 6.04 Å². The van der Waals surface area contributed by atoms with Crippen molar-refractivity contribution in [2.75, 3.05) is 31.1 Å². The Morgan fingerprint density at radius 3 is 2.37 bits per heavy atom. The van der Waals surface area contributed by atoms with Gasteiger partial charge in [-0.05, 0) is 44.4 Å². The third kappa shape index (κ3) is 3.70. The SMILES string of the molecule is CC1CS(=O)(=O)CCN1CCNC(C1CC1)C1CC1. The van der Waals surface area contributed by atoms with E-state index in [4.69, 9.17) is 0 Å². The summed E-state index contributed by atoms with van der Waals surface area (Å²) >= 11 is 0. The number of rotatable bonds is 6. The maximum Gasteiger partial charge on any atom is 0.153 e. The molecule has 3 rings (SSSR count). The molecule has 0 spiro atoms. The van der Waals surface area contributed by atoms with E-state index >= 15 is 0 Å². The Hall–Kier alpha value is -0.130. The lowest BCUT2D eigenvalue weighted by Gasteiger charge is -2.33. The van der Waals surface area contributed by atoms with E-state index in [0.29, 0.717) is 18.1 Å². The molecule has 3 fully saturated rings. The van der Waals surface area contributed by atoms with Gasteiger partial charge >= 0.3 is 0 Å². The topological polar surface area (TPSA) is 49.4 Å². The Morgan fingerprint density at radius 2 is 1.84 bits per heavy atom. The first-order chi connectivity index (χ1) is 9.05. The Bertz CT molecular complexity index is 403. The Labute approximate surface area is 116 Å². The lowest BCUT2D eigenvalue weighted by Crippen LogP contribution is -2.50. The molecular weight excluding hydrogens is 260 g/mol. The van der Waals surface area contributed by atoms with Gasteiger partial charge in [0.25, 0.3) is 0 Å². The van der Waals surface area contributed by atoms with Crippen LogP contribution in [0.25, 0.3) is 0 Å². The normalized spacial score (nSPS) is 31.8. The largest absolute Gasteiger partial charge is 0.312 e. The Balaban J connectivity index is 1.42. The van der Waals surface area contributed by atoms with E-state index in [9.17, 15) is 8.42 Å². The lowest BCUT2D eigenvalue weighted by molar-refractivity contribution is 0.221. The lowest BCUT2D eigenvalue weighted by atomic mass is 10.1. The second-order valence-electron chi connectivity index (χ2n) is 6.65. The van der Waals surface area contributed by atoms with Gasteiger partial charge in [-0.1, -0.05) is 0 Å². The van der Waals surface area contributed by atoms with Crippen molar-refractivity contribution in [2.24, 2.45) is 11.8 Å². The minimum absolute atomic E-state index is 0.181. The fraction of sp³-hybridized carbons (Fsp3) is 1.00. The van der Waals surface area contributed by atoms with E-state index in [1.807, 2.05) is 6.92 Å². The minimum atomic E-state index is -2.78.